The first-order valence-corrected chi connectivity index (χ1v) is 13.5. The molecule has 4 rings (SSSR count). The van der Waals surface area contributed by atoms with E-state index in [1.54, 1.807) is 7.11 Å². The minimum absolute atomic E-state index is 0.107. The van der Waals surface area contributed by atoms with Gasteiger partial charge in [0.05, 0.1) is 25.1 Å². The number of hydrogen-bond acceptors (Lipinski definition) is 7. The average molecular weight is 512 g/mol. The van der Waals surface area contributed by atoms with E-state index in [4.69, 9.17) is 4.74 Å². The number of methoxy groups -OCH3 is 1. The summed E-state index contributed by atoms with van der Waals surface area (Å²) in [7, 11) is 1.74. The lowest BCUT2D eigenvalue weighted by Crippen LogP contribution is -2.49. The maximum absolute atomic E-state index is 12.8. The Kier molecular flexibility index (Phi) is 9.34. The standard InChI is InChI=1S/C28H41N5O4/c1-22(23-7-4-3-5-8-23)17-26(34)32-14-10-28(36,11-15-32)20-33-21-30-25(18-27(33)35)29-12-16-31-13-6-9-24(31)19-37-2/h3-5,7-8,18,21-22,24,29,36H,6,9-17,19-20H2,1-2H3. The molecule has 2 saturated heterocycles. The molecular formula is C28H41N5O4. The number of aromatic nitrogens is 2. The van der Waals surface area contributed by atoms with Gasteiger partial charge in [0.25, 0.3) is 5.56 Å². The van der Waals surface area contributed by atoms with E-state index in [1.807, 2.05) is 35.2 Å². The second-order valence-corrected chi connectivity index (χ2v) is 10.6. The van der Waals surface area contributed by atoms with Crippen LogP contribution in [0.2, 0.25) is 0 Å². The van der Waals surface area contributed by atoms with E-state index >= 15 is 0 Å². The normalized spacial score (nSPS) is 20.6. The molecule has 1 aromatic heterocycles. The quantitative estimate of drug-likeness (QED) is 0.478. The van der Waals surface area contributed by atoms with E-state index < -0.39 is 5.60 Å². The average Bonchev–Trinajstić information content (AvgIpc) is 3.33. The molecule has 202 valence electrons. The number of hydrogen-bond donors (Lipinski definition) is 2. The molecule has 2 unspecified atom stereocenters. The molecule has 2 aromatic rings. The van der Waals surface area contributed by atoms with E-state index in [0.29, 0.717) is 50.8 Å². The molecule has 2 fully saturated rings. The maximum atomic E-state index is 12.8. The first-order valence-electron chi connectivity index (χ1n) is 13.5. The highest BCUT2D eigenvalue weighted by atomic mass is 16.5. The summed E-state index contributed by atoms with van der Waals surface area (Å²) in [5.41, 5.74) is -0.0750. The summed E-state index contributed by atoms with van der Waals surface area (Å²) in [5, 5.41) is 14.4. The molecule has 2 N–H and O–H groups in total. The molecule has 0 bridgehead atoms. The second kappa shape index (κ2) is 12.7. The van der Waals surface area contributed by atoms with E-state index in [2.05, 4.69) is 22.1 Å². The lowest BCUT2D eigenvalue weighted by molar-refractivity contribution is -0.136. The van der Waals surface area contributed by atoms with Crippen LogP contribution in [0.25, 0.3) is 0 Å². The van der Waals surface area contributed by atoms with Crippen LogP contribution in [0.1, 0.15) is 50.5 Å². The summed E-state index contributed by atoms with van der Waals surface area (Å²) < 4.78 is 6.78. The Morgan fingerprint density at radius 1 is 1.24 bits per heavy atom. The van der Waals surface area contributed by atoms with E-state index in [1.165, 1.54) is 23.4 Å². The number of carbonyl (C=O) groups excluding carboxylic acids is 1. The Labute approximate surface area is 219 Å². The lowest BCUT2D eigenvalue weighted by atomic mass is 9.90. The van der Waals surface area contributed by atoms with Gasteiger partial charge in [-0.3, -0.25) is 19.1 Å². The predicted molar refractivity (Wildman–Crippen MR) is 144 cm³/mol. The SMILES string of the molecule is COCC1CCCN1CCNc1cc(=O)n(CC2(O)CCN(C(=O)CC(C)c3ccccc3)CC2)cn1. The molecule has 0 saturated carbocycles. The number of nitrogens with zero attached hydrogens (tertiary/aromatic N) is 4. The summed E-state index contributed by atoms with van der Waals surface area (Å²) in [6, 6.07) is 12.0. The number of nitrogens with one attached hydrogen (secondary N) is 1. The number of carbonyl (C=O) groups is 1. The minimum Gasteiger partial charge on any atom is -0.388 e. The van der Waals surface area contributed by atoms with Crippen molar-refractivity contribution in [3.8, 4) is 0 Å². The topological polar surface area (TPSA) is 99.9 Å². The van der Waals surface area contributed by atoms with Crippen LogP contribution < -0.4 is 10.9 Å². The molecule has 2 aliphatic rings. The van der Waals surface area contributed by atoms with Crippen molar-refractivity contribution >= 4 is 11.7 Å². The lowest BCUT2D eigenvalue weighted by Gasteiger charge is -2.38. The third-order valence-electron chi connectivity index (χ3n) is 7.80. The smallest absolute Gasteiger partial charge is 0.255 e. The number of rotatable bonds is 11. The van der Waals surface area contributed by atoms with Crippen molar-refractivity contribution in [2.24, 2.45) is 0 Å². The fourth-order valence-electron chi connectivity index (χ4n) is 5.48. The van der Waals surface area contributed by atoms with Gasteiger partial charge < -0.3 is 20.1 Å². The number of piperidine rings is 1. The van der Waals surface area contributed by atoms with Crippen LogP contribution in [0, 0.1) is 0 Å². The number of amides is 1. The number of benzene rings is 1. The molecule has 1 aromatic carbocycles. The minimum atomic E-state index is -1.03. The summed E-state index contributed by atoms with van der Waals surface area (Å²) in [4.78, 5) is 34.2. The highest BCUT2D eigenvalue weighted by molar-refractivity contribution is 5.77. The van der Waals surface area contributed by atoms with Crippen LogP contribution in [0.5, 0.6) is 0 Å². The van der Waals surface area contributed by atoms with Gasteiger partial charge in [0, 0.05) is 51.8 Å². The molecule has 37 heavy (non-hydrogen) atoms. The van der Waals surface area contributed by atoms with Crippen molar-refractivity contribution in [2.45, 2.75) is 63.1 Å². The highest BCUT2D eigenvalue weighted by Crippen LogP contribution is 2.26. The molecule has 2 aliphatic heterocycles. The molecule has 0 aliphatic carbocycles. The van der Waals surface area contributed by atoms with Crippen molar-refractivity contribution < 1.29 is 14.6 Å². The van der Waals surface area contributed by atoms with Crippen LogP contribution in [0.3, 0.4) is 0 Å². The van der Waals surface area contributed by atoms with E-state index in [-0.39, 0.29) is 23.9 Å². The number of likely N-dealkylation sites (tertiary alicyclic amines) is 2. The van der Waals surface area contributed by atoms with Gasteiger partial charge in [-0.25, -0.2) is 4.98 Å². The highest BCUT2D eigenvalue weighted by Gasteiger charge is 2.35. The summed E-state index contributed by atoms with van der Waals surface area (Å²) in [6.07, 6.45) is 5.16. The number of aliphatic hydroxyl groups is 1. The molecule has 1 amide bonds. The van der Waals surface area contributed by atoms with Gasteiger partial charge >= 0.3 is 0 Å². The van der Waals surface area contributed by atoms with Crippen molar-refractivity contribution in [3.63, 3.8) is 0 Å². The van der Waals surface area contributed by atoms with Gasteiger partial charge in [0.2, 0.25) is 5.91 Å². The Hall–Kier alpha value is -2.75. The summed E-state index contributed by atoms with van der Waals surface area (Å²) in [5.74, 6) is 0.798. The number of ether oxygens (including phenoxy) is 1. The van der Waals surface area contributed by atoms with Gasteiger partial charge in [-0.05, 0) is 43.7 Å². The predicted octanol–water partition coefficient (Wildman–Crippen LogP) is 2.31. The third kappa shape index (κ3) is 7.40. The van der Waals surface area contributed by atoms with Gasteiger partial charge in [-0.2, -0.15) is 0 Å². The Balaban J connectivity index is 1.23. The molecule has 9 nitrogen and oxygen atoms in total. The zero-order valence-corrected chi connectivity index (χ0v) is 22.1. The van der Waals surface area contributed by atoms with Gasteiger partial charge in [0.1, 0.15) is 5.82 Å². The molecular weight excluding hydrogens is 470 g/mol. The zero-order chi connectivity index (χ0) is 26.3. The van der Waals surface area contributed by atoms with Crippen LogP contribution >= 0.6 is 0 Å². The number of anilines is 1. The van der Waals surface area contributed by atoms with E-state index in [0.717, 1.165) is 31.7 Å². The molecule has 9 heteroatoms. The second-order valence-electron chi connectivity index (χ2n) is 10.6. The third-order valence-corrected chi connectivity index (χ3v) is 7.80. The van der Waals surface area contributed by atoms with Crippen LogP contribution in [0.4, 0.5) is 5.82 Å². The van der Waals surface area contributed by atoms with Crippen molar-refractivity contribution in [1.29, 1.82) is 0 Å². The molecule has 0 radical (unpaired) electrons. The fraction of sp³-hybridized carbons (Fsp3) is 0.607. The summed E-state index contributed by atoms with van der Waals surface area (Å²) >= 11 is 0. The zero-order valence-electron chi connectivity index (χ0n) is 22.1. The molecule has 2 atom stereocenters. The summed E-state index contributed by atoms with van der Waals surface area (Å²) in [6.45, 7) is 6.60. The Morgan fingerprint density at radius 3 is 2.70 bits per heavy atom. The van der Waals surface area contributed by atoms with Crippen molar-refractivity contribution in [2.75, 3.05) is 51.8 Å². The van der Waals surface area contributed by atoms with Crippen LogP contribution in [0.15, 0.2) is 47.5 Å². The molecule has 3 heterocycles. The van der Waals surface area contributed by atoms with Crippen LogP contribution in [-0.4, -0.2) is 88.4 Å². The first-order chi connectivity index (χ1) is 17.9. The first kappa shape index (κ1) is 27.3. The molecule has 0 spiro atoms. The van der Waals surface area contributed by atoms with Crippen LogP contribution in [-0.2, 0) is 16.1 Å². The van der Waals surface area contributed by atoms with Crippen molar-refractivity contribution in [1.82, 2.24) is 19.4 Å². The maximum Gasteiger partial charge on any atom is 0.255 e. The monoisotopic (exact) mass is 511 g/mol. The van der Waals surface area contributed by atoms with E-state index in [9.17, 15) is 14.7 Å². The van der Waals surface area contributed by atoms with Gasteiger partial charge in [-0.1, -0.05) is 37.3 Å². The van der Waals surface area contributed by atoms with Crippen molar-refractivity contribution in [3.05, 3.63) is 58.6 Å². The van der Waals surface area contributed by atoms with Gasteiger partial charge in [0.15, 0.2) is 0 Å². The fourth-order valence-corrected chi connectivity index (χ4v) is 5.48. The van der Waals surface area contributed by atoms with Gasteiger partial charge in [-0.15, -0.1) is 0 Å². The Morgan fingerprint density at radius 2 is 2.00 bits per heavy atom. The largest absolute Gasteiger partial charge is 0.388 e. The Bertz CT molecular complexity index is 1070.